The summed E-state index contributed by atoms with van der Waals surface area (Å²) in [7, 11) is 10.9. The third-order valence-electron chi connectivity index (χ3n) is 16.1. The van der Waals surface area contributed by atoms with Crippen LogP contribution < -0.4 is 11.1 Å². The molecule has 8 heterocycles. The molecule has 92 heavy (non-hydrogen) atoms. The molecule has 0 spiro atoms. The van der Waals surface area contributed by atoms with Gasteiger partial charge in [-0.15, -0.1) is 52.7 Å². The molecule has 0 aliphatic carbocycles. The SMILES string of the molecule is C=C1N=C(N(C)C)C=CN1[C@@H]1O[C@H](CCP(=C)(C)C)[C@@H](O)[C@H]1O.C=C1N=C(N(C)C)C=CN1[C@@H]1O[C@H](CCP(=C)(C)C)[C@@H](O)[C@H]1OC.C=C1N=C(N)C(CO)=CN1[C@@H]1O[C@H](CCP(=C)(C)C)[C@@H](O)[C@H]1O.C=C1NC(=NC)C=CN1[C@@H]1O[C@H](CCP(=C)(C)C)[C@@H](O)[C@H]1O. The number of methoxy groups -OCH3 is 1. The Balaban J connectivity index is 0.000000223. The van der Waals surface area contributed by atoms with Crippen LogP contribution in [-0.2, 0) is 23.7 Å². The van der Waals surface area contributed by atoms with E-state index in [-0.39, 0.29) is 24.7 Å². The molecular weight excluding hydrogens is 1260 g/mol. The number of hydrogen-bond donors (Lipinski definition) is 10. The number of aliphatic hydroxyl groups excluding tert-OH is 8. The van der Waals surface area contributed by atoms with Gasteiger partial charge in [-0.05, 0) is 122 Å². The van der Waals surface area contributed by atoms with Crippen molar-refractivity contribution in [2.45, 2.75) is 124 Å². The van der Waals surface area contributed by atoms with E-state index in [0.717, 1.165) is 42.7 Å². The molecule has 25 nitrogen and oxygen atoms in total. The number of aliphatic imine (C=N–C) groups is 4. The number of aliphatic hydroxyl groups is 8. The Hall–Kier alpha value is -4.32. The summed E-state index contributed by atoms with van der Waals surface area (Å²) >= 11 is 0. The summed E-state index contributed by atoms with van der Waals surface area (Å²) in [5.41, 5.74) is 6.12. The fourth-order valence-electron chi connectivity index (χ4n) is 10.6. The van der Waals surface area contributed by atoms with Crippen molar-refractivity contribution in [2.24, 2.45) is 25.7 Å². The van der Waals surface area contributed by atoms with Gasteiger partial charge >= 0.3 is 0 Å². The maximum atomic E-state index is 10.6. The minimum Gasteiger partial charge on any atom is -0.391 e. The number of nitrogens with zero attached hydrogens (tertiary/aromatic N) is 10. The lowest BCUT2D eigenvalue weighted by atomic mass is 10.1. The lowest BCUT2D eigenvalue weighted by Crippen LogP contribution is -2.46. The summed E-state index contributed by atoms with van der Waals surface area (Å²) in [5.74, 6) is 4.38. The summed E-state index contributed by atoms with van der Waals surface area (Å²) in [4.78, 5) is 27.4. The Morgan fingerprint density at radius 2 is 0.870 bits per heavy atom. The Kier molecular flexibility index (Phi) is 28.2. The molecule has 520 valence electrons. The molecule has 8 aliphatic heterocycles. The maximum Gasteiger partial charge on any atom is 0.164 e. The van der Waals surface area contributed by atoms with Gasteiger partial charge in [0.15, 0.2) is 24.9 Å². The molecule has 4 saturated heterocycles. The van der Waals surface area contributed by atoms with Crippen LogP contribution in [0, 0.1) is 0 Å². The molecule has 29 heteroatoms. The van der Waals surface area contributed by atoms with E-state index in [9.17, 15) is 40.9 Å². The summed E-state index contributed by atoms with van der Waals surface area (Å²) in [6.07, 6.45) is 24.5. The van der Waals surface area contributed by atoms with Crippen LogP contribution in [0.25, 0.3) is 0 Å². The second-order valence-electron chi connectivity index (χ2n) is 27.2. The van der Waals surface area contributed by atoms with E-state index in [1.54, 1.807) is 48.6 Å². The van der Waals surface area contributed by atoms with Gasteiger partial charge in [-0.1, -0.05) is 26.3 Å². The van der Waals surface area contributed by atoms with Crippen LogP contribution >= 0.6 is 27.5 Å². The molecule has 0 amide bonds. The number of likely N-dealkylation sites (N-methyl/N-ethyl adjacent to an activating group) is 2. The van der Waals surface area contributed by atoms with Crippen LogP contribution in [-0.4, -0.2) is 344 Å². The average Bonchev–Trinajstić information content (AvgIpc) is 1.70. The van der Waals surface area contributed by atoms with E-state index >= 15 is 0 Å². The largest absolute Gasteiger partial charge is 0.391 e. The standard InChI is InChI=1S/C17H30N3O3P.C16H28N3O3P.C15H26N3O4P.C15H26N3O3P/c1-12-18-14(19(2)3)8-10-20(12)17-16(22-4)15(21)13(23-17)9-11-24(5,6)7;1-11-17-13(18(2)3)7-9-19(11)16-15(21)14(20)12(22-16)8-10-23(4,5)6;1-9-17-14(16)10(8-19)7-18(9)15-13(21)12(20)11(22-15)5-6-23(2,3)4;1-10-17-12(16-2)6-8-18(10)15-14(20)13(19)11(21-15)7-9-22(3,4)5/h8,10,13,15-17,21H,1,5,9,11H2,2-4,6-7H3;7,9,12,14-16,20-21H,1,4,8,10H2,2-3,5-6H3;7,11-13,15,19-21H,1-2,5-6,8H2,3-4H3,(H2,16,17);6,8,11,13-15,19-20H,1,3,7,9H2,2,4-5H3,(H,16,17)/t13-,15-,16-,17-;12-,14-,15-,16-;11-,12-,13-,15-;11-,13-,14-,15-/m1111/s1. The number of hydrogen-bond acceptors (Lipinski definition) is 24. The van der Waals surface area contributed by atoms with Crippen LogP contribution in [0.3, 0.4) is 0 Å². The van der Waals surface area contributed by atoms with Crippen LogP contribution in [0.5, 0.6) is 0 Å². The summed E-state index contributed by atoms with van der Waals surface area (Å²) in [5, 5.41) is 84.6. The van der Waals surface area contributed by atoms with Gasteiger partial charge in [-0.25, -0.2) is 15.0 Å². The zero-order chi connectivity index (χ0) is 69.3. The number of rotatable bonds is 18. The second-order valence-corrected chi connectivity index (χ2v) is 44.5. The highest BCUT2D eigenvalue weighted by molar-refractivity contribution is 7.73. The van der Waals surface area contributed by atoms with E-state index < -0.39 is 113 Å². The molecule has 0 aromatic rings. The van der Waals surface area contributed by atoms with Gasteiger partial charge in [0.25, 0.3) is 0 Å². The van der Waals surface area contributed by atoms with Gasteiger partial charge < -0.3 is 105 Å². The van der Waals surface area contributed by atoms with E-state index in [1.165, 1.54) is 4.90 Å². The molecular formula is C63H110N12O13P4. The third kappa shape index (κ3) is 21.6. The smallest absolute Gasteiger partial charge is 0.164 e. The molecule has 0 saturated carbocycles. The Morgan fingerprint density at radius 3 is 1.21 bits per heavy atom. The minimum absolute atomic E-state index is 0.182. The average molecular weight is 1370 g/mol. The van der Waals surface area contributed by atoms with Crippen molar-refractivity contribution in [3.63, 3.8) is 0 Å². The fourth-order valence-corrected chi connectivity index (χ4v) is 14.4. The molecule has 0 aromatic carbocycles. The highest BCUT2D eigenvalue weighted by atomic mass is 31.2. The highest BCUT2D eigenvalue weighted by Gasteiger charge is 2.50. The number of amidine groups is 4. The molecule has 4 fully saturated rings. The fraction of sp³-hybridized carbons (Fsp3) is 0.619. The van der Waals surface area contributed by atoms with Crippen LogP contribution in [0.1, 0.15) is 25.7 Å². The number of nitrogens with one attached hydrogen (secondary N) is 1. The predicted octanol–water partition coefficient (Wildman–Crippen LogP) is 2.24. The molecule has 0 bridgehead atoms. The first-order valence-corrected chi connectivity index (χ1v) is 42.8. The molecule has 16 atom stereocenters. The van der Waals surface area contributed by atoms with Crippen molar-refractivity contribution in [1.82, 2.24) is 34.7 Å². The van der Waals surface area contributed by atoms with Gasteiger partial charge in [0.2, 0.25) is 0 Å². The predicted molar refractivity (Wildman–Crippen MR) is 386 cm³/mol. The summed E-state index contributed by atoms with van der Waals surface area (Å²) in [6, 6.07) is 0. The third-order valence-corrected chi connectivity index (χ3v) is 22.0. The summed E-state index contributed by atoms with van der Waals surface area (Å²) in [6.45, 7) is 27.8. The van der Waals surface area contributed by atoms with E-state index in [4.69, 9.17) is 29.4 Å². The Labute approximate surface area is 547 Å². The molecule has 0 unspecified atom stereocenters. The second kappa shape index (κ2) is 33.1. The lowest BCUT2D eigenvalue weighted by Gasteiger charge is -2.33. The normalized spacial score (nSPS) is 32.1. The first kappa shape index (κ1) is 78.4. The van der Waals surface area contributed by atoms with Crippen molar-refractivity contribution in [3.05, 3.63) is 98.2 Å². The van der Waals surface area contributed by atoms with E-state index in [1.807, 2.05) is 61.2 Å². The molecule has 11 N–H and O–H groups in total. The Bertz CT molecular complexity index is 3070. The topological polar surface area (TPSA) is 315 Å². The molecule has 0 radical (unpaired) electrons. The minimum atomic E-state index is -1.24. The summed E-state index contributed by atoms with van der Waals surface area (Å²) < 4.78 is 29.3. The van der Waals surface area contributed by atoms with Gasteiger partial charge in [0.05, 0.1) is 31.0 Å². The highest BCUT2D eigenvalue weighted by Crippen LogP contribution is 2.43. The number of nitrogens with two attached hydrogens (primary N) is 1. The van der Waals surface area contributed by atoms with Crippen molar-refractivity contribution in [1.29, 1.82) is 0 Å². The zero-order valence-corrected chi connectivity index (χ0v) is 60.3. The quantitative estimate of drug-likeness (QED) is 0.0880. The van der Waals surface area contributed by atoms with Crippen LogP contribution in [0.4, 0.5) is 0 Å². The van der Waals surface area contributed by atoms with Gasteiger partial charge in [0.1, 0.15) is 95.5 Å². The van der Waals surface area contributed by atoms with Crippen LogP contribution in [0.15, 0.2) is 118 Å². The van der Waals surface area contributed by atoms with E-state index in [2.05, 4.69) is 130 Å². The Morgan fingerprint density at radius 1 is 0.533 bits per heavy atom. The molecule has 0 aromatic heterocycles. The zero-order valence-electron chi connectivity index (χ0n) is 56.8. The molecule has 8 rings (SSSR count). The van der Waals surface area contributed by atoms with Gasteiger partial charge in [-0.3, -0.25) is 4.99 Å². The lowest BCUT2D eigenvalue weighted by molar-refractivity contribution is -0.0698. The molecule has 8 aliphatic rings. The van der Waals surface area contributed by atoms with Crippen molar-refractivity contribution < 1.29 is 64.5 Å². The number of ether oxygens (including phenoxy) is 5. The van der Waals surface area contributed by atoms with Crippen molar-refractivity contribution in [3.8, 4) is 0 Å². The first-order chi connectivity index (χ1) is 42.6. The van der Waals surface area contributed by atoms with Crippen molar-refractivity contribution >= 4 is 76.1 Å². The monoisotopic (exact) mass is 1370 g/mol. The van der Waals surface area contributed by atoms with Gasteiger partial charge in [0, 0.05) is 72.7 Å². The van der Waals surface area contributed by atoms with Crippen LogP contribution in [0.2, 0.25) is 0 Å². The van der Waals surface area contributed by atoms with E-state index in [0.29, 0.717) is 54.0 Å². The van der Waals surface area contributed by atoms with Crippen molar-refractivity contribution in [2.75, 3.05) is 127 Å². The first-order valence-electron chi connectivity index (χ1n) is 30.6. The van der Waals surface area contributed by atoms with Gasteiger partial charge in [-0.2, -0.15) is 0 Å². The maximum absolute atomic E-state index is 10.6.